The average Bonchev–Trinajstić information content (AvgIpc) is 3.29. The lowest BCUT2D eigenvalue weighted by Crippen LogP contribution is -2.45. The molecule has 0 radical (unpaired) electrons. The Kier molecular flexibility index (Phi) is 51.8. The molecule has 0 heterocycles. The summed E-state index contributed by atoms with van der Waals surface area (Å²) in [6, 6.07) is -0.652. The Morgan fingerprint density at radius 2 is 0.714 bits per heavy atom. The van der Waals surface area contributed by atoms with Gasteiger partial charge in [0.05, 0.1) is 18.8 Å². The van der Waals surface area contributed by atoms with Crippen LogP contribution < -0.4 is 5.32 Å². The summed E-state index contributed by atoms with van der Waals surface area (Å²) in [5.74, 6) is -0.0815. The molecule has 0 aromatic heterocycles. The molecule has 2 unspecified atom stereocenters. The molecule has 3 N–H and O–H groups in total. The fourth-order valence-corrected chi connectivity index (χ4v) is 7.97. The minimum Gasteiger partial charge on any atom is -0.394 e. The van der Waals surface area contributed by atoms with Gasteiger partial charge in [0.25, 0.3) is 0 Å². The molecule has 1 amide bonds. The fraction of sp³-hybridized carbons (Fsp3) is 0.746. The zero-order valence-corrected chi connectivity index (χ0v) is 41.8. The predicted molar refractivity (Wildman–Crippen MR) is 280 cm³/mol. The quantitative estimate of drug-likeness (QED) is 0.0421. The molecule has 0 aromatic rings. The van der Waals surface area contributed by atoms with Gasteiger partial charge in [0.2, 0.25) is 5.91 Å². The van der Waals surface area contributed by atoms with E-state index in [0.717, 1.165) is 64.2 Å². The van der Waals surface area contributed by atoms with Crippen LogP contribution in [0.3, 0.4) is 0 Å². The van der Waals surface area contributed by atoms with Crippen LogP contribution in [0.5, 0.6) is 0 Å². The van der Waals surface area contributed by atoms with E-state index in [1.165, 1.54) is 180 Å². The zero-order valence-electron chi connectivity index (χ0n) is 41.8. The maximum atomic E-state index is 12.5. The largest absolute Gasteiger partial charge is 0.394 e. The normalized spacial score (nSPS) is 13.5. The van der Waals surface area contributed by atoms with Gasteiger partial charge < -0.3 is 15.5 Å². The number of allylic oxidation sites excluding steroid dienone is 13. The summed E-state index contributed by atoms with van der Waals surface area (Å²) in [4.78, 5) is 12.5. The molecular formula is C59H105NO3. The number of hydrogen-bond donors (Lipinski definition) is 3. The predicted octanol–water partition coefficient (Wildman–Crippen LogP) is 18.0. The van der Waals surface area contributed by atoms with Gasteiger partial charge in [0, 0.05) is 6.42 Å². The van der Waals surface area contributed by atoms with Crippen molar-refractivity contribution < 1.29 is 15.0 Å². The van der Waals surface area contributed by atoms with E-state index < -0.39 is 12.1 Å². The van der Waals surface area contributed by atoms with E-state index in [-0.39, 0.29) is 12.5 Å². The minimum atomic E-state index is -0.876. The highest BCUT2D eigenvalue weighted by atomic mass is 16.3. The Morgan fingerprint density at radius 1 is 0.397 bits per heavy atom. The smallest absolute Gasteiger partial charge is 0.220 e. The first-order valence-electron chi connectivity index (χ1n) is 27.3. The second-order valence-corrected chi connectivity index (χ2v) is 18.2. The summed E-state index contributed by atoms with van der Waals surface area (Å²) in [6.45, 7) is 4.19. The molecule has 0 rings (SSSR count). The van der Waals surface area contributed by atoms with Crippen molar-refractivity contribution >= 4 is 5.91 Å². The van der Waals surface area contributed by atoms with Gasteiger partial charge in [0.1, 0.15) is 0 Å². The van der Waals surface area contributed by atoms with Gasteiger partial charge in [-0.2, -0.15) is 0 Å². The summed E-state index contributed by atoms with van der Waals surface area (Å²) in [5, 5.41) is 23.1. The topological polar surface area (TPSA) is 69.6 Å². The molecule has 4 heteroatoms. The number of rotatable bonds is 49. The Balaban J connectivity index is 3.59. The molecule has 2 atom stereocenters. The van der Waals surface area contributed by atoms with Crippen LogP contribution >= 0.6 is 0 Å². The number of amides is 1. The first-order chi connectivity index (χ1) is 31.2. The van der Waals surface area contributed by atoms with E-state index in [9.17, 15) is 15.0 Å². The number of nitrogens with one attached hydrogen (secondary N) is 1. The summed E-state index contributed by atoms with van der Waals surface area (Å²) in [6.07, 6.45) is 78.8. The first kappa shape index (κ1) is 60.6. The lowest BCUT2D eigenvalue weighted by atomic mass is 10.0. The highest BCUT2D eigenvalue weighted by molar-refractivity contribution is 5.76. The number of aliphatic hydroxyl groups is 2. The van der Waals surface area contributed by atoms with Gasteiger partial charge in [-0.1, -0.05) is 259 Å². The zero-order chi connectivity index (χ0) is 45.6. The van der Waals surface area contributed by atoms with Gasteiger partial charge in [-0.05, 0) is 83.5 Å². The van der Waals surface area contributed by atoms with E-state index in [1.807, 2.05) is 6.08 Å². The molecule has 63 heavy (non-hydrogen) atoms. The number of carbonyl (C=O) groups excluding carboxylic acids is 1. The SMILES string of the molecule is CC/C=C\C/C=C\C/C=C\C/C=C\CCCCCCCCCCCCCCC(=O)NC(CO)C(O)/C=C/CC/C=C/CC/C=C/CCCCCCCCCCCCCCCCCC. The highest BCUT2D eigenvalue weighted by Gasteiger charge is 2.17. The van der Waals surface area contributed by atoms with Crippen LogP contribution in [0.4, 0.5) is 0 Å². The maximum Gasteiger partial charge on any atom is 0.220 e. The first-order valence-corrected chi connectivity index (χ1v) is 27.3. The number of hydrogen-bond acceptors (Lipinski definition) is 3. The Hall–Kier alpha value is -2.43. The van der Waals surface area contributed by atoms with Crippen molar-refractivity contribution in [1.29, 1.82) is 0 Å². The third-order valence-electron chi connectivity index (χ3n) is 12.1. The van der Waals surface area contributed by atoms with Crippen LogP contribution in [0.25, 0.3) is 0 Å². The van der Waals surface area contributed by atoms with Crippen LogP contribution in [0.15, 0.2) is 85.1 Å². The van der Waals surface area contributed by atoms with Crippen molar-refractivity contribution in [3.8, 4) is 0 Å². The molecule has 364 valence electrons. The monoisotopic (exact) mass is 876 g/mol. The van der Waals surface area contributed by atoms with E-state index in [2.05, 4.69) is 92.1 Å². The van der Waals surface area contributed by atoms with Crippen LogP contribution in [-0.4, -0.2) is 34.9 Å². The lowest BCUT2D eigenvalue weighted by molar-refractivity contribution is -0.123. The molecule has 0 bridgehead atoms. The van der Waals surface area contributed by atoms with Crippen LogP contribution in [0, 0.1) is 0 Å². The summed E-state index contributed by atoms with van der Waals surface area (Å²) in [7, 11) is 0. The summed E-state index contributed by atoms with van der Waals surface area (Å²) in [5.41, 5.74) is 0. The third kappa shape index (κ3) is 50.4. The fourth-order valence-electron chi connectivity index (χ4n) is 7.97. The second-order valence-electron chi connectivity index (χ2n) is 18.2. The van der Waals surface area contributed by atoms with E-state index >= 15 is 0 Å². The van der Waals surface area contributed by atoms with Crippen LogP contribution in [0.1, 0.15) is 264 Å². The number of carbonyl (C=O) groups is 1. The maximum absolute atomic E-state index is 12.5. The van der Waals surface area contributed by atoms with Gasteiger partial charge >= 0.3 is 0 Å². The minimum absolute atomic E-state index is 0.0815. The molecule has 0 aliphatic carbocycles. The number of unbranched alkanes of at least 4 members (excludes halogenated alkanes) is 30. The van der Waals surface area contributed by atoms with Crippen molar-refractivity contribution in [2.75, 3.05) is 6.61 Å². The van der Waals surface area contributed by atoms with Crippen molar-refractivity contribution in [2.24, 2.45) is 0 Å². The summed E-state index contributed by atoms with van der Waals surface area (Å²) >= 11 is 0. The molecule has 4 nitrogen and oxygen atoms in total. The van der Waals surface area contributed by atoms with Crippen molar-refractivity contribution in [2.45, 2.75) is 276 Å². The Morgan fingerprint density at radius 3 is 1.11 bits per heavy atom. The molecule has 0 fully saturated rings. The number of aliphatic hydroxyl groups excluding tert-OH is 2. The third-order valence-corrected chi connectivity index (χ3v) is 12.1. The van der Waals surface area contributed by atoms with Crippen molar-refractivity contribution in [3.05, 3.63) is 85.1 Å². The van der Waals surface area contributed by atoms with Crippen molar-refractivity contribution in [1.82, 2.24) is 5.32 Å². The summed E-state index contributed by atoms with van der Waals surface area (Å²) < 4.78 is 0. The second kappa shape index (κ2) is 53.9. The van der Waals surface area contributed by atoms with Crippen molar-refractivity contribution in [3.63, 3.8) is 0 Å². The molecule has 0 saturated carbocycles. The van der Waals surface area contributed by atoms with E-state index in [4.69, 9.17) is 0 Å². The van der Waals surface area contributed by atoms with Crippen LogP contribution in [-0.2, 0) is 4.79 Å². The lowest BCUT2D eigenvalue weighted by Gasteiger charge is -2.19. The van der Waals surface area contributed by atoms with Gasteiger partial charge in [-0.15, -0.1) is 0 Å². The van der Waals surface area contributed by atoms with Gasteiger partial charge in [-0.3, -0.25) is 4.79 Å². The average molecular weight is 876 g/mol. The highest BCUT2D eigenvalue weighted by Crippen LogP contribution is 2.16. The molecular weight excluding hydrogens is 771 g/mol. The Bertz CT molecular complexity index is 1130. The van der Waals surface area contributed by atoms with Crippen LogP contribution in [0.2, 0.25) is 0 Å². The van der Waals surface area contributed by atoms with E-state index in [0.29, 0.717) is 6.42 Å². The molecule has 0 saturated heterocycles. The Labute approximate surface area is 392 Å². The molecule has 0 aliphatic rings. The standard InChI is InChI=1S/C59H105NO3/c1-3-5-7-9-11-13-15-17-19-21-23-25-27-29-31-32-34-36-38-40-42-44-46-48-50-52-54-58(62)57(56-61)60-59(63)55-53-51-49-47-45-43-41-39-37-35-33-30-28-26-24-22-20-18-16-14-12-10-8-6-4-2/h6,8,12,14,18,20,24,26,36,38,44,46,52,54,57-58,61-62H,3-5,7,9-11,13,15-17,19,21-23,25,27-35,37,39-43,45,47-51,53,55-56H2,1-2H3,(H,60,63)/b8-6-,14-12-,20-18-,26-24-,38-36+,46-44+,54-52+. The molecule has 0 spiro atoms. The van der Waals surface area contributed by atoms with Gasteiger partial charge in [0.15, 0.2) is 0 Å². The van der Waals surface area contributed by atoms with E-state index in [1.54, 1.807) is 6.08 Å². The van der Waals surface area contributed by atoms with Gasteiger partial charge in [-0.25, -0.2) is 0 Å². The molecule has 0 aliphatic heterocycles. The molecule has 0 aromatic carbocycles.